The minimum Gasteiger partial charge on any atom is -0.422 e. The smallest absolute Gasteiger partial charge is 0.363 e. The van der Waals surface area contributed by atoms with E-state index in [4.69, 9.17) is 4.74 Å². The van der Waals surface area contributed by atoms with Gasteiger partial charge in [-0.25, -0.2) is 9.78 Å². The van der Waals surface area contributed by atoms with Crippen LogP contribution in [0.15, 0.2) is 85.1 Å². The zero-order chi connectivity index (χ0) is 19.3. The van der Waals surface area contributed by atoms with Crippen LogP contribution in [0.3, 0.4) is 0 Å². The molecule has 6 nitrogen and oxygen atoms in total. The minimum atomic E-state index is -0.598. The molecule has 0 bridgehead atoms. The monoisotopic (exact) mass is 369 g/mol. The molecule has 0 aliphatic carbocycles. The average molecular weight is 369 g/mol. The van der Waals surface area contributed by atoms with Crippen molar-refractivity contribution in [3.8, 4) is 5.75 Å². The number of benzene rings is 3. The van der Waals surface area contributed by atoms with Crippen molar-refractivity contribution >= 4 is 28.6 Å². The van der Waals surface area contributed by atoms with Gasteiger partial charge in [0.15, 0.2) is 5.69 Å². The van der Waals surface area contributed by atoms with Crippen molar-refractivity contribution in [3.05, 3.63) is 96.3 Å². The number of nitrogens with zero attached hydrogens (tertiary/aromatic N) is 2. The van der Waals surface area contributed by atoms with Gasteiger partial charge in [-0.1, -0.05) is 30.3 Å². The molecule has 0 saturated heterocycles. The molecule has 4 rings (SSSR count). The molecule has 0 saturated carbocycles. The summed E-state index contributed by atoms with van der Waals surface area (Å²) in [6.07, 6.45) is 1.39. The van der Waals surface area contributed by atoms with E-state index in [1.54, 1.807) is 54.6 Å². The van der Waals surface area contributed by atoms with Gasteiger partial charge in [0.05, 0.1) is 17.2 Å². The molecule has 0 aliphatic heterocycles. The van der Waals surface area contributed by atoms with Gasteiger partial charge in [0.1, 0.15) is 5.75 Å². The van der Waals surface area contributed by atoms with Crippen molar-refractivity contribution in [3.63, 3.8) is 0 Å². The van der Waals surface area contributed by atoms with Gasteiger partial charge >= 0.3 is 5.97 Å². The van der Waals surface area contributed by atoms with Crippen LogP contribution in [0.1, 0.15) is 20.8 Å². The Balaban J connectivity index is 1.43. The van der Waals surface area contributed by atoms with Gasteiger partial charge in [-0.15, -0.1) is 0 Å². The van der Waals surface area contributed by atoms with Crippen LogP contribution in [0.25, 0.3) is 11.0 Å². The van der Waals surface area contributed by atoms with E-state index in [2.05, 4.69) is 15.3 Å². The highest BCUT2D eigenvalue weighted by molar-refractivity contribution is 6.04. The summed E-state index contributed by atoms with van der Waals surface area (Å²) in [7, 11) is 0. The van der Waals surface area contributed by atoms with Crippen molar-refractivity contribution in [1.82, 2.24) is 9.97 Å². The van der Waals surface area contributed by atoms with Gasteiger partial charge in [-0.3, -0.25) is 9.78 Å². The van der Waals surface area contributed by atoms with Crippen LogP contribution in [0.2, 0.25) is 0 Å². The third-order valence-corrected chi connectivity index (χ3v) is 4.02. The SMILES string of the molecule is O=C(Nc1ccc(OC(=O)c2cnc3ccccc3n2)cc1)c1ccccc1. The number of para-hydroxylation sites is 2. The number of ether oxygens (including phenoxy) is 1. The number of carbonyl (C=O) groups is 2. The minimum absolute atomic E-state index is 0.125. The number of amides is 1. The third-order valence-electron chi connectivity index (χ3n) is 4.02. The van der Waals surface area contributed by atoms with Crippen molar-refractivity contribution in [2.75, 3.05) is 5.32 Å². The first kappa shape index (κ1) is 17.4. The number of carbonyl (C=O) groups excluding carboxylic acids is 2. The molecule has 136 valence electrons. The Bertz CT molecular complexity index is 1140. The number of hydrogen-bond donors (Lipinski definition) is 1. The van der Waals surface area contributed by atoms with E-state index in [9.17, 15) is 9.59 Å². The molecule has 0 atom stereocenters. The summed E-state index contributed by atoms with van der Waals surface area (Å²) in [6, 6.07) is 22.7. The summed E-state index contributed by atoms with van der Waals surface area (Å²) in [5, 5.41) is 2.79. The highest BCUT2D eigenvalue weighted by atomic mass is 16.5. The number of aromatic nitrogens is 2. The second kappa shape index (κ2) is 7.67. The third kappa shape index (κ3) is 3.86. The van der Waals surface area contributed by atoms with Crippen LogP contribution in [0.5, 0.6) is 5.75 Å². The Kier molecular flexibility index (Phi) is 4.76. The molecule has 1 amide bonds. The largest absolute Gasteiger partial charge is 0.422 e. The Morgan fingerprint density at radius 3 is 2.21 bits per heavy atom. The first-order valence-corrected chi connectivity index (χ1v) is 8.59. The van der Waals surface area contributed by atoms with Crippen molar-refractivity contribution in [1.29, 1.82) is 0 Å². The summed E-state index contributed by atoms with van der Waals surface area (Å²) in [4.78, 5) is 32.9. The summed E-state index contributed by atoms with van der Waals surface area (Å²) < 4.78 is 5.34. The van der Waals surface area contributed by atoms with Crippen molar-refractivity contribution in [2.24, 2.45) is 0 Å². The van der Waals surface area contributed by atoms with Gasteiger partial charge < -0.3 is 10.1 Å². The van der Waals surface area contributed by atoms with Gasteiger partial charge in [-0.2, -0.15) is 0 Å². The number of esters is 1. The lowest BCUT2D eigenvalue weighted by atomic mass is 10.2. The fraction of sp³-hybridized carbons (Fsp3) is 0. The predicted octanol–water partition coefficient (Wildman–Crippen LogP) is 4.10. The Morgan fingerprint density at radius 2 is 1.46 bits per heavy atom. The molecule has 1 heterocycles. The number of rotatable bonds is 4. The van der Waals surface area contributed by atoms with Crippen LogP contribution in [-0.4, -0.2) is 21.8 Å². The van der Waals surface area contributed by atoms with E-state index in [-0.39, 0.29) is 11.6 Å². The molecule has 3 aromatic carbocycles. The quantitative estimate of drug-likeness (QED) is 0.433. The summed E-state index contributed by atoms with van der Waals surface area (Å²) in [5.74, 6) is -0.464. The van der Waals surface area contributed by atoms with E-state index in [0.29, 0.717) is 28.0 Å². The Labute approximate surface area is 160 Å². The lowest BCUT2D eigenvalue weighted by molar-refractivity contribution is 0.0728. The van der Waals surface area contributed by atoms with Crippen LogP contribution >= 0.6 is 0 Å². The molecule has 28 heavy (non-hydrogen) atoms. The molecule has 0 radical (unpaired) electrons. The Hall–Kier alpha value is -4.06. The second-order valence-corrected chi connectivity index (χ2v) is 5.98. The molecule has 0 aliphatic rings. The van der Waals surface area contributed by atoms with Crippen LogP contribution in [-0.2, 0) is 0 Å². The average Bonchev–Trinajstić information content (AvgIpc) is 2.75. The fourth-order valence-electron chi connectivity index (χ4n) is 2.61. The number of hydrogen-bond acceptors (Lipinski definition) is 5. The van der Waals surface area contributed by atoms with E-state index in [1.165, 1.54) is 6.20 Å². The van der Waals surface area contributed by atoms with Gasteiger partial charge in [-0.05, 0) is 48.5 Å². The molecule has 6 heteroatoms. The first-order valence-electron chi connectivity index (χ1n) is 8.59. The van der Waals surface area contributed by atoms with E-state index < -0.39 is 5.97 Å². The Morgan fingerprint density at radius 1 is 0.786 bits per heavy atom. The molecule has 1 N–H and O–H groups in total. The highest BCUT2D eigenvalue weighted by Gasteiger charge is 2.12. The van der Waals surface area contributed by atoms with E-state index >= 15 is 0 Å². The number of anilines is 1. The van der Waals surface area contributed by atoms with Gasteiger partial charge in [0, 0.05) is 11.3 Å². The molecule has 0 fully saturated rings. The molecule has 0 spiro atoms. The number of nitrogens with one attached hydrogen (secondary N) is 1. The van der Waals surface area contributed by atoms with E-state index in [0.717, 1.165) is 0 Å². The zero-order valence-electron chi connectivity index (χ0n) is 14.7. The van der Waals surface area contributed by atoms with Gasteiger partial charge in [0.2, 0.25) is 0 Å². The standard InChI is InChI=1S/C22H15N3O3/c26-21(15-6-2-1-3-7-15)24-16-10-12-17(13-11-16)28-22(27)20-14-23-18-8-4-5-9-19(18)25-20/h1-14H,(H,24,26). The molecular formula is C22H15N3O3. The molecule has 1 aromatic heterocycles. The lowest BCUT2D eigenvalue weighted by Crippen LogP contribution is -2.12. The maximum Gasteiger partial charge on any atom is 0.363 e. The fourth-order valence-corrected chi connectivity index (χ4v) is 2.61. The van der Waals surface area contributed by atoms with Crippen LogP contribution in [0, 0.1) is 0 Å². The van der Waals surface area contributed by atoms with Crippen molar-refractivity contribution < 1.29 is 14.3 Å². The van der Waals surface area contributed by atoms with E-state index in [1.807, 2.05) is 24.3 Å². The zero-order valence-corrected chi connectivity index (χ0v) is 14.7. The maximum atomic E-state index is 12.3. The predicted molar refractivity (Wildman–Crippen MR) is 105 cm³/mol. The van der Waals surface area contributed by atoms with Crippen LogP contribution < -0.4 is 10.1 Å². The first-order chi connectivity index (χ1) is 13.7. The normalized spacial score (nSPS) is 10.4. The summed E-state index contributed by atoms with van der Waals surface area (Å²) in [6.45, 7) is 0. The molecular weight excluding hydrogens is 354 g/mol. The topological polar surface area (TPSA) is 81.2 Å². The molecule has 4 aromatic rings. The number of fused-ring (bicyclic) bond motifs is 1. The van der Waals surface area contributed by atoms with Crippen LogP contribution in [0.4, 0.5) is 5.69 Å². The molecule has 0 unspecified atom stereocenters. The maximum absolute atomic E-state index is 12.3. The summed E-state index contributed by atoms with van der Waals surface area (Å²) in [5.41, 5.74) is 2.61. The summed E-state index contributed by atoms with van der Waals surface area (Å²) >= 11 is 0. The second-order valence-electron chi connectivity index (χ2n) is 5.98. The van der Waals surface area contributed by atoms with Crippen molar-refractivity contribution in [2.45, 2.75) is 0 Å². The lowest BCUT2D eigenvalue weighted by Gasteiger charge is -2.07. The highest BCUT2D eigenvalue weighted by Crippen LogP contribution is 2.18. The van der Waals surface area contributed by atoms with Gasteiger partial charge in [0.25, 0.3) is 5.91 Å².